The molecule has 0 aliphatic heterocycles. The van der Waals surface area contributed by atoms with Crippen molar-refractivity contribution in [1.82, 2.24) is 0 Å². The smallest absolute Gasteiger partial charge is 0.0466 e. The zero-order valence-corrected chi connectivity index (χ0v) is 23.2. The van der Waals surface area contributed by atoms with Crippen LogP contribution in [0.1, 0.15) is 153 Å². The van der Waals surface area contributed by atoms with Crippen LogP contribution >= 0.6 is 0 Å². The van der Waals surface area contributed by atoms with Gasteiger partial charge in [0.05, 0.1) is 0 Å². The SMILES string of the molecule is CC(C)(C)CCCC(C)(C)C.CC1CCC(C)CC1.CCCCCOCCCCC. The van der Waals surface area contributed by atoms with Crippen LogP contribution in [0.5, 0.6) is 0 Å². The minimum absolute atomic E-state index is 0.519. The molecule has 0 aromatic carbocycles. The summed E-state index contributed by atoms with van der Waals surface area (Å²) in [5.41, 5.74) is 1.04. The van der Waals surface area contributed by atoms with Gasteiger partial charge < -0.3 is 4.74 Å². The van der Waals surface area contributed by atoms with Crippen molar-refractivity contribution in [3.05, 3.63) is 0 Å². The van der Waals surface area contributed by atoms with Gasteiger partial charge in [0.25, 0.3) is 0 Å². The van der Waals surface area contributed by atoms with Crippen molar-refractivity contribution in [2.45, 2.75) is 153 Å². The van der Waals surface area contributed by atoms with E-state index in [0.717, 1.165) is 25.0 Å². The van der Waals surface area contributed by atoms with Gasteiger partial charge in [-0.1, -0.05) is 127 Å². The van der Waals surface area contributed by atoms with E-state index < -0.39 is 0 Å². The molecule has 1 aliphatic rings. The highest BCUT2D eigenvalue weighted by Crippen LogP contribution is 2.28. The number of hydrogen-bond donors (Lipinski definition) is 0. The summed E-state index contributed by atoms with van der Waals surface area (Å²) in [6, 6.07) is 0. The van der Waals surface area contributed by atoms with E-state index in [1.54, 1.807) is 0 Å². The summed E-state index contributed by atoms with van der Waals surface area (Å²) in [6.07, 6.45) is 17.6. The summed E-state index contributed by atoms with van der Waals surface area (Å²) in [6.45, 7) is 25.0. The van der Waals surface area contributed by atoms with Crippen LogP contribution in [-0.2, 0) is 4.74 Å². The van der Waals surface area contributed by atoms with Gasteiger partial charge in [-0.05, 0) is 48.3 Å². The Morgan fingerprint density at radius 2 is 0.900 bits per heavy atom. The van der Waals surface area contributed by atoms with E-state index in [2.05, 4.69) is 69.2 Å². The maximum absolute atomic E-state index is 5.44. The van der Waals surface area contributed by atoms with Gasteiger partial charge in [-0.2, -0.15) is 0 Å². The Bertz CT molecular complexity index is 293. The molecule has 1 rings (SSSR count). The monoisotopic (exact) mass is 426 g/mol. The third-order valence-corrected chi connectivity index (χ3v) is 5.94. The minimum Gasteiger partial charge on any atom is -0.381 e. The van der Waals surface area contributed by atoms with Crippen molar-refractivity contribution in [1.29, 1.82) is 0 Å². The van der Waals surface area contributed by atoms with E-state index in [0.29, 0.717) is 10.8 Å². The first-order valence-corrected chi connectivity index (χ1v) is 13.5. The third kappa shape index (κ3) is 30.2. The van der Waals surface area contributed by atoms with Crippen molar-refractivity contribution < 1.29 is 4.74 Å². The van der Waals surface area contributed by atoms with Gasteiger partial charge in [-0.3, -0.25) is 0 Å². The lowest BCUT2D eigenvalue weighted by atomic mass is 9.84. The molecule has 0 unspecified atom stereocenters. The van der Waals surface area contributed by atoms with Gasteiger partial charge >= 0.3 is 0 Å². The molecular weight excluding hydrogens is 364 g/mol. The molecule has 1 aliphatic carbocycles. The number of ether oxygens (including phenoxy) is 1. The second-order valence-electron chi connectivity index (χ2n) is 12.4. The topological polar surface area (TPSA) is 9.23 Å². The Morgan fingerprint density at radius 3 is 1.17 bits per heavy atom. The first-order valence-electron chi connectivity index (χ1n) is 13.5. The maximum Gasteiger partial charge on any atom is 0.0466 e. The van der Waals surface area contributed by atoms with E-state index in [1.807, 2.05) is 0 Å². The lowest BCUT2D eigenvalue weighted by Gasteiger charge is -2.22. The quantitative estimate of drug-likeness (QED) is 0.315. The average Bonchev–Trinajstić information content (AvgIpc) is 2.62. The minimum atomic E-state index is 0.519. The van der Waals surface area contributed by atoms with Crippen molar-refractivity contribution in [3.63, 3.8) is 0 Å². The van der Waals surface area contributed by atoms with E-state index in [9.17, 15) is 0 Å². The summed E-state index contributed by atoms with van der Waals surface area (Å²) in [7, 11) is 0. The summed E-state index contributed by atoms with van der Waals surface area (Å²) >= 11 is 0. The number of unbranched alkanes of at least 4 members (excludes halogenated alkanes) is 4. The molecule has 0 saturated heterocycles. The van der Waals surface area contributed by atoms with Crippen LogP contribution in [0.2, 0.25) is 0 Å². The van der Waals surface area contributed by atoms with E-state index in [4.69, 9.17) is 4.74 Å². The molecule has 0 amide bonds. The fourth-order valence-corrected chi connectivity index (χ4v) is 3.59. The largest absolute Gasteiger partial charge is 0.381 e. The van der Waals surface area contributed by atoms with Crippen LogP contribution in [-0.4, -0.2) is 13.2 Å². The van der Waals surface area contributed by atoms with Crippen molar-refractivity contribution in [3.8, 4) is 0 Å². The Hall–Kier alpha value is -0.0400. The molecule has 1 heteroatoms. The van der Waals surface area contributed by atoms with E-state index in [-0.39, 0.29) is 0 Å². The van der Waals surface area contributed by atoms with Crippen LogP contribution in [0.3, 0.4) is 0 Å². The molecule has 0 atom stereocenters. The molecule has 0 radical (unpaired) electrons. The Morgan fingerprint density at radius 1 is 0.567 bits per heavy atom. The molecule has 0 N–H and O–H groups in total. The third-order valence-electron chi connectivity index (χ3n) is 5.94. The zero-order valence-electron chi connectivity index (χ0n) is 23.2. The molecule has 184 valence electrons. The molecule has 0 heterocycles. The maximum atomic E-state index is 5.44. The molecule has 1 saturated carbocycles. The predicted octanol–water partition coefficient (Wildman–Crippen LogP) is 10.5. The zero-order chi connectivity index (χ0) is 23.5. The highest BCUT2D eigenvalue weighted by molar-refractivity contribution is 4.66. The van der Waals surface area contributed by atoms with Gasteiger partial charge in [-0.15, -0.1) is 0 Å². The van der Waals surface area contributed by atoms with E-state index in [1.165, 1.54) is 83.5 Å². The van der Waals surface area contributed by atoms with Gasteiger partial charge in [0.2, 0.25) is 0 Å². The highest BCUT2D eigenvalue weighted by Gasteiger charge is 2.14. The van der Waals surface area contributed by atoms with Gasteiger partial charge in [-0.25, -0.2) is 0 Å². The van der Waals surface area contributed by atoms with Gasteiger partial charge in [0, 0.05) is 13.2 Å². The summed E-state index contributed by atoms with van der Waals surface area (Å²) in [5.74, 6) is 2.04. The van der Waals surface area contributed by atoms with Crippen molar-refractivity contribution in [2.24, 2.45) is 22.7 Å². The molecular formula is C29H62O. The lowest BCUT2D eigenvalue weighted by Crippen LogP contribution is -2.09. The molecule has 30 heavy (non-hydrogen) atoms. The van der Waals surface area contributed by atoms with Crippen LogP contribution in [0.4, 0.5) is 0 Å². The molecule has 0 aromatic heterocycles. The average molecular weight is 427 g/mol. The molecule has 1 nitrogen and oxygen atoms in total. The van der Waals surface area contributed by atoms with Crippen LogP contribution in [0.15, 0.2) is 0 Å². The summed E-state index contributed by atoms with van der Waals surface area (Å²) in [5, 5.41) is 0. The Kier molecular flexibility index (Phi) is 21.0. The van der Waals surface area contributed by atoms with E-state index >= 15 is 0 Å². The van der Waals surface area contributed by atoms with Crippen LogP contribution in [0.25, 0.3) is 0 Å². The number of hydrogen-bond acceptors (Lipinski definition) is 1. The summed E-state index contributed by atoms with van der Waals surface area (Å²) < 4.78 is 5.44. The van der Waals surface area contributed by atoms with Crippen LogP contribution in [0, 0.1) is 22.7 Å². The highest BCUT2D eigenvalue weighted by atomic mass is 16.5. The van der Waals surface area contributed by atoms with Gasteiger partial charge in [0.1, 0.15) is 0 Å². The fourth-order valence-electron chi connectivity index (χ4n) is 3.59. The lowest BCUT2D eigenvalue weighted by molar-refractivity contribution is 0.126. The number of rotatable bonds is 10. The molecule has 0 bridgehead atoms. The Labute approximate surface area is 193 Å². The van der Waals surface area contributed by atoms with Crippen LogP contribution < -0.4 is 0 Å². The fraction of sp³-hybridized carbons (Fsp3) is 1.00. The standard InChI is InChI=1S/C11H24.C10H22O.C8H16/c1-10(2,3)8-7-9-11(4,5)6;1-3-5-7-9-11-10-8-6-4-2;1-7-3-5-8(2)6-4-7/h7-9H2,1-6H3;3-10H2,1-2H3;7-8H,3-6H2,1-2H3. The second-order valence-corrected chi connectivity index (χ2v) is 12.4. The second kappa shape index (κ2) is 19.6. The van der Waals surface area contributed by atoms with Crippen molar-refractivity contribution >= 4 is 0 Å². The van der Waals surface area contributed by atoms with Gasteiger partial charge in [0.15, 0.2) is 0 Å². The normalized spacial score (nSPS) is 19.4. The molecule has 0 spiro atoms. The Balaban J connectivity index is 0. The molecule has 1 fully saturated rings. The van der Waals surface area contributed by atoms with Crippen molar-refractivity contribution in [2.75, 3.05) is 13.2 Å². The predicted molar refractivity (Wildman–Crippen MR) is 139 cm³/mol. The molecule has 0 aromatic rings. The summed E-state index contributed by atoms with van der Waals surface area (Å²) in [4.78, 5) is 0. The first-order chi connectivity index (χ1) is 13.9. The first kappa shape index (κ1) is 32.1.